The van der Waals surface area contributed by atoms with Gasteiger partial charge < -0.3 is 14.2 Å². The average molecular weight is 434 g/mol. The van der Waals surface area contributed by atoms with E-state index in [1.54, 1.807) is 57.3 Å². The molecule has 0 unspecified atom stereocenters. The molecule has 0 radical (unpaired) electrons. The van der Waals surface area contributed by atoms with Crippen molar-refractivity contribution < 1.29 is 23.8 Å². The number of rotatable bonds is 6. The summed E-state index contributed by atoms with van der Waals surface area (Å²) in [7, 11) is 1.33. The fourth-order valence-electron chi connectivity index (χ4n) is 2.98. The number of benzene rings is 2. The van der Waals surface area contributed by atoms with Crippen LogP contribution in [-0.4, -0.2) is 29.8 Å². The molecule has 0 aliphatic carbocycles. The number of pyridine rings is 1. The lowest BCUT2D eigenvalue weighted by Gasteiger charge is -2.19. The van der Waals surface area contributed by atoms with Crippen molar-refractivity contribution in [2.75, 3.05) is 12.4 Å². The molecule has 0 aliphatic rings. The third-order valence-electron chi connectivity index (χ3n) is 4.31. The van der Waals surface area contributed by atoms with Crippen molar-refractivity contribution in [1.29, 1.82) is 0 Å². The van der Waals surface area contributed by atoms with Gasteiger partial charge in [0, 0.05) is 23.5 Å². The summed E-state index contributed by atoms with van der Waals surface area (Å²) in [5.74, 6) is 0.108. The molecule has 0 aliphatic heterocycles. The summed E-state index contributed by atoms with van der Waals surface area (Å²) in [6, 6.07) is 18.3. The summed E-state index contributed by atoms with van der Waals surface area (Å²) in [5.41, 5.74) is 2.68. The molecule has 0 saturated carbocycles. The molecule has 3 aromatic rings. The first kappa shape index (κ1) is 22.8. The van der Waals surface area contributed by atoms with Crippen LogP contribution in [0.1, 0.15) is 36.8 Å². The summed E-state index contributed by atoms with van der Waals surface area (Å²) in [4.78, 5) is 28.2. The van der Waals surface area contributed by atoms with Gasteiger partial charge >= 0.3 is 12.1 Å². The number of ether oxygens (including phenoxy) is 3. The number of carbonyl (C=O) groups excluding carboxylic acids is 2. The summed E-state index contributed by atoms with van der Waals surface area (Å²) >= 11 is 0. The zero-order valence-electron chi connectivity index (χ0n) is 18.5. The maximum Gasteiger partial charge on any atom is 0.412 e. The van der Waals surface area contributed by atoms with Crippen molar-refractivity contribution in [3.8, 4) is 16.9 Å². The zero-order chi connectivity index (χ0) is 23.1. The van der Waals surface area contributed by atoms with E-state index >= 15 is 0 Å². The molecule has 0 atom stereocenters. The Morgan fingerprint density at radius 2 is 1.78 bits per heavy atom. The van der Waals surface area contributed by atoms with Crippen LogP contribution < -0.4 is 10.1 Å². The van der Waals surface area contributed by atoms with Gasteiger partial charge in [0.2, 0.25) is 0 Å². The van der Waals surface area contributed by atoms with Crippen LogP contribution in [0.2, 0.25) is 0 Å². The van der Waals surface area contributed by atoms with Gasteiger partial charge in [-0.2, -0.15) is 0 Å². The molecule has 3 rings (SSSR count). The molecule has 1 amide bonds. The van der Waals surface area contributed by atoms with Gasteiger partial charge in [-0.1, -0.05) is 30.3 Å². The predicted octanol–water partition coefficient (Wildman–Crippen LogP) is 5.46. The molecule has 7 heteroatoms. The minimum atomic E-state index is -0.578. The predicted molar refractivity (Wildman–Crippen MR) is 122 cm³/mol. The molecular formula is C25H26N2O5. The number of nitrogens with one attached hydrogen (secondary N) is 1. The Morgan fingerprint density at radius 1 is 1.00 bits per heavy atom. The molecule has 0 bridgehead atoms. The largest absolute Gasteiger partial charge is 0.489 e. The lowest BCUT2D eigenvalue weighted by molar-refractivity contribution is 0.0592. The fourth-order valence-corrected chi connectivity index (χ4v) is 2.98. The molecule has 7 nitrogen and oxygen atoms in total. The van der Waals surface area contributed by atoms with Gasteiger partial charge in [0.15, 0.2) is 5.69 Å². The fraction of sp³-hybridized carbons (Fsp3) is 0.240. The summed E-state index contributed by atoms with van der Waals surface area (Å²) in [6.07, 6.45) is 1.03. The van der Waals surface area contributed by atoms with Crippen LogP contribution in [0.3, 0.4) is 0 Å². The third kappa shape index (κ3) is 6.31. The first-order valence-electron chi connectivity index (χ1n) is 10.1. The van der Waals surface area contributed by atoms with E-state index in [-0.39, 0.29) is 5.69 Å². The van der Waals surface area contributed by atoms with E-state index in [4.69, 9.17) is 14.2 Å². The normalized spacial score (nSPS) is 10.9. The Balaban J connectivity index is 1.70. The molecule has 1 heterocycles. The van der Waals surface area contributed by atoms with Crippen LogP contribution in [0.15, 0.2) is 66.9 Å². The molecule has 1 aromatic heterocycles. The molecule has 0 saturated heterocycles. The number of esters is 1. The van der Waals surface area contributed by atoms with Crippen molar-refractivity contribution in [3.05, 3.63) is 78.1 Å². The van der Waals surface area contributed by atoms with Crippen LogP contribution >= 0.6 is 0 Å². The second-order valence-corrected chi connectivity index (χ2v) is 8.03. The van der Waals surface area contributed by atoms with E-state index in [0.29, 0.717) is 23.6 Å². The second-order valence-electron chi connectivity index (χ2n) is 8.03. The van der Waals surface area contributed by atoms with E-state index < -0.39 is 17.7 Å². The molecule has 1 N–H and O–H groups in total. The Hall–Kier alpha value is -3.87. The maximum atomic E-state index is 12.0. The number of amides is 1. The van der Waals surface area contributed by atoms with Crippen LogP contribution in [-0.2, 0) is 16.1 Å². The van der Waals surface area contributed by atoms with Crippen LogP contribution in [0.5, 0.6) is 5.75 Å². The highest BCUT2D eigenvalue weighted by Gasteiger charge is 2.17. The van der Waals surface area contributed by atoms with Crippen LogP contribution in [0.25, 0.3) is 11.1 Å². The van der Waals surface area contributed by atoms with Gasteiger partial charge in [-0.25, -0.2) is 14.6 Å². The highest BCUT2D eigenvalue weighted by molar-refractivity contribution is 5.95. The standard InChI is InChI=1S/C25H26N2O5/c1-25(2,3)32-24(29)27-19-10-6-11-20(15-19)31-16-17-8-5-9-18(14-17)21-12-7-13-26-22(21)23(28)30-4/h5-15H,16H2,1-4H3,(H,27,29). The summed E-state index contributed by atoms with van der Waals surface area (Å²) in [6.45, 7) is 5.72. The molecular weight excluding hydrogens is 408 g/mol. The highest BCUT2D eigenvalue weighted by atomic mass is 16.6. The lowest BCUT2D eigenvalue weighted by atomic mass is 10.0. The summed E-state index contributed by atoms with van der Waals surface area (Å²) in [5, 5.41) is 2.70. The first-order valence-corrected chi connectivity index (χ1v) is 10.1. The number of nitrogens with zero attached hydrogens (tertiary/aromatic N) is 1. The van der Waals surface area contributed by atoms with Crippen molar-refractivity contribution >= 4 is 17.7 Å². The molecule has 0 fully saturated rings. The van der Waals surface area contributed by atoms with Gasteiger partial charge in [0.1, 0.15) is 18.0 Å². The second kappa shape index (κ2) is 9.96. The van der Waals surface area contributed by atoms with Gasteiger partial charge in [0.25, 0.3) is 0 Å². The minimum absolute atomic E-state index is 0.258. The van der Waals surface area contributed by atoms with Crippen LogP contribution in [0.4, 0.5) is 10.5 Å². The Bertz CT molecular complexity index is 1110. The number of anilines is 1. The number of aromatic nitrogens is 1. The van der Waals surface area contributed by atoms with Crippen molar-refractivity contribution in [3.63, 3.8) is 0 Å². The smallest absolute Gasteiger partial charge is 0.412 e. The van der Waals surface area contributed by atoms with Gasteiger partial charge in [-0.05, 0) is 56.2 Å². The van der Waals surface area contributed by atoms with Crippen molar-refractivity contribution in [2.24, 2.45) is 0 Å². The van der Waals surface area contributed by atoms with E-state index in [1.807, 2.05) is 30.3 Å². The number of methoxy groups -OCH3 is 1. The van der Waals surface area contributed by atoms with Gasteiger partial charge in [0.05, 0.1) is 7.11 Å². The average Bonchev–Trinajstić information content (AvgIpc) is 2.76. The Kier molecular flexibility index (Phi) is 7.10. The highest BCUT2D eigenvalue weighted by Crippen LogP contribution is 2.25. The van der Waals surface area contributed by atoms with Crippen LogP contribution in [0, 0.1) is 0 Å². The van der Waals surface area contributed by atoms with E-state index in [2.05, 4.69) is 10.3 Å². The van der Waals surface area contributed by atoms with E-state index in [9.17, 15) is 9.59 Å². The number of hydrogen-bond donors (Lipinski definition) is 1. The molecule has 0 spiro atoms. The van der Waals surface area contributed by atoms with Gasteiger partial charge in [-0.15, -0.1) is 0 Å². The van der Waals surface area contributed by atoms with E-state index in [1.165, 1.54) is 7.11 Å². The molecule has 32 heavy (non-hydrogen) atoms. The first-order chi connectivity index (χ1) is 15.2. The summed E-state index contributed by atoms with van der Waals surface area (Å²) < 4.78 is 16.0. The number of carbonyl (C=O) groups is 2. The zero-order valence-corrected chi connectivity index (χ0v) is 18.5. The Morgan fingerprint density at radius 3 is 2.53 bits per heavy atom. The van der Waals surface area contributed by atoms with Crippen molar-refractivity contribution in [2.45, 2.75) is 33.0 Å². The molecule has 166 valence electrons. The quantitative estimate of drug-likeness (QED) is 0.518. The lowest BCUT2D eigenvalue weighted by Crippen LogP contribution is -2.27. The maximum absolute atomic E-state index is 12.0. The van der Waals surface area contributed by atoms with Gasteiger partial charge in [-0.3, -0.25) is 5.32 Å². The minimum Gasteiger partial charge on any atom is -0.489 e. The Labute approximate surface area is 187 Å². The van der Waals surface area contributed by atoms with Crippen molar-refractivity contribution in [1.82, 2.24) is 4.98 Å². The topological polar surface area (TPSA) is 86.8 Å². The SMILES string of the molecule is COC(=O)c1ncccc1-c1cccc(COc2cccc(NC(=O)OC(C)(C)C)c2)c1. The molecule has 2 aromatic carbocycles. The number of hydrogen-bond acceptors (Lipinski definition) is 6. The monoisotopic (exact) mass is 434 g/mol. The van der Waals surface area contributed by atoms with E-state index in [0.717, 1.165) is 11.1 Å². The third-order valence-corrected chi connectivity index (χ3v) is 4.31.